The Bertz CT molecular complexity index is 1460. The zero-order valence-corrected chi connectivity index (χ0v) is 46.2. The molecule has 3 unspecified atom stereocenters. The van der Waals surface area contributed by atoms with Crippen LogP contribution in [0.4, 0.5) is 0 Å². The first-order chi connectivity index (χ1) is 33.4. The van der Waals surface area contributed by atoms with E-state index in [-0.39, 0.29) is 37.9 Å². The van der Waals surface area contributed by atoms with Crippen molar-refractivity contribution in [2.45, 2.75) is 238 Å². The number of likely N-dealkylation sites (N-methyl/N-ethyl adjacent to an activating group) is 1. The highest BCUT2D eigenvalue weighted by Crippen LogP contribution is 2.43. The Morgan fingerprint density at radius 1 is 0.522 bits per heavy atom. The molecule has 9 nitrogen and oxygen atoms in total. The lowest BCUT2D eigenvalue weighted by molar-refractivity contribution is -0.870. The first kappa shape index (κ1) is 66.2. The Morgan fingerprint density at radius 2 is 0.942 bits per heavy atom. The lowest BCUT2D eigenvalue weighted by Gasteiger charge is -2.27. The molecular formula is C59H106N2O7P+. The second-order valence-corrected chi connectivity index (χ2v) is 21.2. The molecule has 0 aromatic carbocycles. The zero-order chi connectivity index (χ0) is 50.8. The van der Waals surface area contributed by atoms with Crippen LogP contribution in [0, 0.1) is 0 Å². The van der Waals surface area contributed by atoms with Crippen molar-refractivity contribution in [1.82, 2.24) is 5.32 Å². The van der Waals surface area contributed by atoms with Gasteiger partial charge < -0.3 is 19.4 Å². The molecule has 0 fully saturated rings. The normalized spacial score (nSPS) is 14.5. The highest BCUT2D eigenvalue weighted by molar-refractivity contribution is 7.47. The number of phosphoric ester groups is 1. The van der Waals surface area contributed by atoms with Crippen LogP contribution < -0.4 is 5.32 Å². The van der Waals surface area contributed by atoms with Crippen molar-refractivity contribution in [1.29, 1.82) is 0 Å². The van der Waals surface area contributed by atoms with Gasteiger partial charge >= 0.3 is 13.8 Å². The van der Waals surface area contributed by atoms with E-state index in [9.17, 15) is 19.0 Å². The average Bonchev–Trinajstić information content (AvgIpc) is 3.31. The van der Waals surface area contributed by atoms with Gasteiger partial charge in [-0.3, -0.25) is 18.6 Å². The fraction of sp³-hybridized carbons (Fsp3) is 0.729. The van der Waals surface area contributed by atoms with Gasteiger partial charge in [-0.2, -0.15) is 0 Å². The summed E-state index contributed by atoms with van der Waals surface area (Å²) in [7, 11) is 1.45. The monoisotopic (exact) mass is 986 g/mol. The molecule has 0 saturated heterocycles. The summed E-state index contributed by atoms with van der Waals surface area (Å²) in [5, 5.41) is 3.01. The Hall–Kier alpha value is -2.81. The Kier molecular flexibility index (Phi) is 46.8. The summed E-state index contributed by atoms with van der Waals surface area (Å²) in [5.41, 5.74) is 0. The number of carbonyl (C=O) groups excluding carboxylic acids is 2. The zero-order valence-electron chi connectivity index (χ0n) is 45.3. The summed E-state index contributed by atoms with van der Waals surface area (Å²) in [6, 6.07) is -0.882. The van der Waals surface area contributed by atoms with Crippen LogP contribution in [-0.2, 0) is 27.9 Å². The standard InChI is InChI=1S/C59H105N2O7P/c1-7-10-13-16-19-22-25-28-30-31-32-33-36-39-42-45-48-51-58(62)60-56(55-67-69(64,65)66-54-53-61(4,5)6)57(50-47-44-41-38-35-27-24-21-18-15-12-9-3)68-59(63)52-49-46-43-40-37-34-29-26-23-20-17-14-11-8-2/h11,14,19-20,22-23,28,30,32-33,39,42,47,50,56-57H,7-10,12-13,15-18,21,24-27,29,31,34-38,40-41,43-46,48-49,51-55H2,1-6H3,(H-,60,62,64,65)/p+1/b14-11+,22-19-,23-20+,30-28-,33-32-,42-39-,50-47+. The van der Waals surface area contributed by atoms with Crippen molar-refractivity contribution in [2.24, 2.45) is 0 Å². The molecule has 0 spiro atoms. The van der Waals surface area contributed by atoms with Crippen molar-refractivity contribution in [3.8, 4) is 0 Å². The summed E-state index contributed by atoms with van der Waals surface area (Å²) >= 11 is 0. The van der Waals surface area contributed by atoms with Crippen LogP contribution >= 0.6 is 7.82 Å². The number of quaternary nitrogens is 1. The van der Waals surface area contributed by atoms with Gasteiger partial charge in [0.1, 0.15) is 19.3 Å². The summed E-state index contributed by atoms with van der Waals surface area (Å²) in [6.45, 7) is 6.81. The van der Waals surface area contributed by atoms with E-state index in [1.165, 1.54) is 96.3 Å². The number of esters is 1. The number of allylic oxidation sites excluding steroid dienone is 13. The fourth-order valence-corrected chi connectivity index (χ4v) is 8.23. The van der Waals surface area contributed by atoms with Crippen molar-refractivity contribution in [3.05, 3.63) is 85.1 Å². The second kappa shape index (κ2) is 48.8. The van der Waals surface area contributed by atoms with Gasteiger partial charge in [0.05, 0.1) is 33.8 Å². The van der Waals surface area contributed by atoms with Gasteiger partial charge in [-0.15, -0.1) is 0 Å². The molecule has 0 heterocycles. The quantitative estimate of drug-likeness (QED) is 0.0205. The first-order valence-electron chi connectivity index (χ1n) is 27.9. The molecule has 0 aliphatic carbocycles. The van der Waals surface area contributed by atoms with Gasteiger partial charge in [-0.25, -0.2) is 4.57 Å². The molecule has 10 heteroatoms. The van der Waals surface area contributed by atoms with Gasteiger partial charge in [0, 0.05) is 12.8 Å². The van der Waals surface area contributed by atoms with E-state index in [2.05, 4.69) is 99.0 Å². The van der Waals surface area contributed by atoms with Crippen molar-refractivity contribution >= 4 is 19.7 Å². The molecule has 0 aromatic rings. The fourth-order valence-electron chi connectivity index (χ4n) is 7.50. The number of nitrogens with zero attached hydrogens (tertiary/aromatic N) is 1. The lowest BCUT2D eigenvalue weighted by atomic mass is 10.1. The lowest BCUT2D eigenvalue weighted by Crippen LogP contribution is -2.47. The third kappa shape index (κ3) is 49.9. The number of rotatable bonds is 49. The molecule has 0 bridgehead atoms. The summed E-state index contributed by atoms with van der Waals surface area (Å²) in [6.07, 6.45) is 63.0. The Labute approximate surface area is 425 Å². The SMILES string of the molecule is CC/C=C/C/C=C/CCCCCCCCCC(=O)OC(/C=C/CCCCCCCCCCCC)C(COP(=O)(O)OCC[N+](C)(C)C)NC(=O)CCC/C=C\C/C=C\C/C=C\C/C=C\CCCCC. The second-order valence-electron chi connectivity index (χ2n) is 19.7. The maximum atomic E-state index is 13.5. The number of nitrogens with one attached hydrogen (secondary N) is 1. The highest BCUT2D eigenvalue weighted by atomic mass is 31.2. The van der Waals surface area contributed by atoms with Crippen LogP contribution in [-0.4, -0.2) is 74.3 Å². The van der Waals surface area contributed by atoms with Crippen LogP contribution in [0.25, 0.3) is 0 Å². The van der Waals surface area contributed by atoms with E-state index >= 15 is 0 Å². The molecule has 398 valence electrons. The first-order valence-corrected chi connectivity index (χ1v) is 29.4. The summed E-state index contributed by atoms with van der Waals surface area (Å²) in [5.74, 6) is -0.585. The third-order valence-electron chi connectivity index (χ3n) is 11.8. The van der Waals surface area contributed by atoms with E-state index in [4.69, 9.17) is 13.8 Å². The van der Waals surface area contributed by atoms with E-state index in [1.54, 1.807) is 0 Å². The number of ether oxygens (including phenoxy) is 1. The van der Waals surface area contributed by atoms with Gasteiger partial charge in [0.15, 0.2) is 0 Å². The molecule has 0 radical (unpaired) electrons. The average molecular weight is 986 g/mol. The predicted octanol–water partition coefficient (Wildman–Crippen LogP) is 16.7. The van der Waals surface area contributed by atoms with Gasteiger partial charge in [0.25, 0.3) is 0 Å². The molecular weight excluding hydrogens is 880 g/mol. The minimum atomic E-state index is -4.46. The number of hydrogen-bond acceptors (Lipinski definition) is 6. The van der Waals surface area contributed by atoms with Gasteiger partial charge in [-0.05, 0) is 96.0 Å². The van der Waals surface area contributed by atoms with Gasteiger partial charge in [-0.1, -0.05) is 202 Å². The molecule has 0 rings (SSSR count). The molecule has 0 aliphatic heterocycles. The summed E-state index contributed by atoms with van der Waals surface area (Å²) in [4.78, 5) is 37.5. The molecule has 0 aliphatic rings. The van der Waals surface area contributed by atoms with Crippen LogP contribution in [0.1, 0.15) is 226 Å². The minimum absolute atomic E-state index is 0.0253. The van der Waals surface area contributed by atoms with Crippen LogP contribution in [0.3, 0.4) is 0 Å². The van der Waals surface area contributed by atoms with Crippen molar-refractivity contribution in [2.75, 3.05) is 40.9 Å². The maximum Gasteiger partial charge on any atom is 0.472 e. The highest BCUT2D eigenvalue weighted by Gasteiger charge is 2.30. The number of phosphoric acid groups is 1. The van der Waals surface area contributed by atoms with Crippen LogP contribution in [0.2, 0.25) is 0 Å². The molecule has 1 amide bonds. The van der Waals surface area contributed by atoms with E-state index in [0.717, 1.165) is 89.9 Å². The van der Waals surface area contributed by atoms with Crippen LogP contribution in [0.5, 0.6) is 0 Å². The molecule has 69 heavy (non-hydrogen) atoms. The summed E-state index contributed by atoms with van der Waals surface area (Å²) < 4.78 is 30.5. The number of hydrogen-bond donors (Lipinski definition) is 2. The number of amides is 1. The van der Waals surface area contributed by atoms with Gasteiger partial charge in [0.2, 0.25) is 5.91 Å². The molecule has 0 aromatic heterocycles. The van der Waals surface area contributed by atoms with Crippen LogP contribution in [0.15, 0.2) is 85.1 Å². The number of carbonyl (C=O) groups is 2. The predicted molar refractivity (Wildman–Crippen MR) is 295 cm³/mol. The minimum Gasteiger partial charge on any atom is -0.456 e. The van der Waals surface area contributed by atoms with E-state index in [0.29, 0.717) is 17.4 Å². The largest absolute Gasteiger partial charge is 0.472 e. The number of unbranched alkanes of at least 4 members (excludes halogenated alkanes) is 21. The van der Waals surface area contributed by atoms with E-state index < -0.39 is 20.0 Å². The maximum absolute atomic E-state index is 13.5. The van der Waals surface area contributed by atoms with Crippen molar-refractivity contribution in [3.63, 3.8) is 0 Å². The van der Waals surface area contributed by atoms with E-state index in [1.807, 2.05) is 33.3 Å². The Balaban J connectivity index is 5.48. The topological polar surface area (TPSA) is 111 Å². The Morgan fingerprint density at radius 3 is 1.45 bits per heavy atom. The smallest absolute Gasteiger partial charge is 0.456 e. The van der Waals surface area contributed by atoms with Crippen molar-refractivity contribution < 1.29 is 37.3 Å². The molecule has 0 saturated carbocycles. The third-order valence-corrected chi connectivity index (χ3v) is 12.8. The molecule has 3 atom stereocenters. The molecule has 2 N–H and O–H groups in total.